The van der Waals surface area contributed by atoms with Crippen LogP contribution >= 0.6 is 11.6 Å². The summed E-state index contributed by atoms with van der Waals surface area (Å²) < 4.78 is 13.5. The Kier molecular flexibility index (Phi) is 3.88. The molecule has 1 aromatic carbocycles. The van der Waals surface area contributed by atoms with E-state index in [1.54, 1.807) is 11.8 Å². The molecular formula is C13H15ClFNO2. The molecule has 0 saturated carbocycles. The fourth-order valence-corrected chi connectivity index (χ4v) is 2.45. The summed E-state index contributed by atoms with van der Waals surface area (Å²) in [6, 6.07) is 2.65. The highest BCUT2D eigenvalue weighted by Gasteiger charge is 2.27. The van der Waals surface area contributed by atoms with Gasteiger partial charge in [-0.25, -0.2) is 4.39 Å². The third kappa shape index (κ3) is 2.49. The van der Waals surface area contributed by atoms with Crippen molar-refractivity contribution in [2.24, 2.45) is 5.92 Å². The lowest BCUT2D eigenvalue weighted by Gasteiger charge is -2.17. The molecule has 1 amide bonds. The van der Waals surface area contributed by atoms with Crippen molar-refractivity contribution in [2.75, 3.05) is 19.7 Å². The zero-order valence-corrected chi connectivity index (χ0v) is 10.9. The first-order valence-electron chi connectivity index (χ1n) is 5.88. The van der Waals surface area contributed by atoms with Crippen LogP contribution in [0.25, 0.3) is 0 Å². The molecule has 0 bridgehead atoms. The Balaban J connectivity index is 2.22. The van der Waals surface area contributed by atoms with E-state index < -0.39 is 5.82 Å². The van der Waals surface area contributed by atoms with E-state index in [0.29, 0.717) is 18.7 Å². The summed E-state index contributed by atoms with van der Waals surface area (Å²) in [5.41, 5.74) is 0.615. The zero-order valence-electron chi connectivity index (χ0n) is 10.1. The molecule has 1 aliphatic rings. The standard InChI is InChI=1S/C13H15ClFNO2/c1-8-4-11(14)10(5-12(8)15)13(18)16-3-2-9(6-16)7-17/h4-5,9,17H,2-3,6-7H2,1H3. The summed E-state index contributed by atoms with van der Waals surface area (Å²) in [5, 5.41) is 9.32. The number of aliphatic hydroxyl groups excluding tert-OH is 1. The van der Waals surface area contributed by atoms with Crippen molar-refractivity contribution in [2.45, 2.75) is 13.3 Å². The maximum atomic E-state index is 13.5. The normalized spacial score (nSPS) is 19.3. The lowest BCUT2D eigenvalue weighted by Crippen LogP contribution is -2.29. The van der Waals surface area contributed by atoms with E-state index in [2.05, 4.69) is 0 Å². The number of halogens is 2. The average molecular weight is 272 g/mol. The molecule has 0 aliphatic carbocycles. The maximum absolute atomic E-state index is 13.5. The van der Waals surface area contributed by atoms with Crippen LogP contribution < -0.4 is 0 Å². The van der Waals surface area contributed by atoms with Gasteiger partial charge >= 0.3 is 0 Å². The topological polar surface area (TPSA) is 40.5 Å². The summed E-state index contributed by atoms with van der Waals surface area (Å²) in [5.74, 6) is -0.585. The van der Waals surface area contributed by atoms with Crippen molar-refractivity contribution in [1.29, 1.82) is 0 Å². The van der Waals surface area contributed by atoms with E-state index in [1.807, 2.05) is 0 Å². The first kappa shape index (κ1) is 13.3. The van der Waals surface area contributed by atoms with Gasteiger partial charge in [-0.05, 0) is 31.0 Å². The lowest BCUT2D eigenvalue weighted by molar-refractivity contribution is 0.0781. The van der Waals surface area contributed by atoms with Gasteiger partial charge in [0.05, 0.1) is 10.6 Å². The monoisotopic (exact) mass is 271 g/mol. The summed E-state index contributed by atoms with van der Waals surface area (Å²) in [6.45, 7) is 2.75. The molecule has 0 spiro atoms. The molecule has 2 rings (SSSR count). The number of aryl methyl sites for hydroxylation is 1. The number of nitrogens with zero attached hydrogens (tertiary/aromatic N) is 1. The van der Waals surface area contributed by atoms with E-state index in [9.17, 15) is 9.18 Å². The minimum atomic E-state index is -0.430. The van der Waals surface area contributed by atoms with Crippen molar-refractivity contribution >= 4 is 17.5 Å². The van der Waals surface area contributed by atoms with Crippen molar-refractivity contribution in [3.05, 3.63) is 34.1 Å². The molecule has 1 N–H and O–H groups in total. The van der Waals surface area contributed by atoms with E-state index in [-0.39, 0.29) is 29.0 Å². The van der Waals surface area contributed by atoms with Crippen LogP contribution in [-0.4, -0.2) is 35.6 Å². The summed E-state index contributed by atoms with van der Waals surface area (Å²) >= 11 is 5.98. The second kappa shape index (κ2) is 5.24. The Morgan fingerprint density at radius 1 is 1.61 bits per heavy atom. The molecule has 0 aromatic heterocycles. The third-order valence-corrected chi connectivity index (χ3v) is 3.62. The van der Waals surface area contributed by atoms with Gasteiger partial charge in [0.2, 0.25) is 0 Å². The molecule has 1 aromatic rings. The second-order valence-electron chi connectivity index (χ2n) is 4.67. The van der Waals surface area contributed by atoms with E-state index in [4.69, 9.17) is 16.7 Å². The van der Waals surface area contributed by atoms with Gasteiger partial charge in [0.25, 0.3) is 5.91 Å². The zero-order chi connectivity index (χ0) is 13.3. The molecule has 1 atom stereocenters. The van der Waals surface area contributed by atoms with Crippen molar-refractivity contribution in [3.63, 3.8) is 0 Å². The number of aliphatic hydroxyl groups is 1. The Hall–Kier alpha value is -1.13. The van der Waals surface area contributed by atoms with Crippen molar-refractivity contribution in [1.82, 2.24) is 4.90 Å². The summed E-state index contributed by atoms with van der Waals surface area (Å²) in [7, 11) is 0. The number of carbonyl (C=O) groups excluding carboxylic acids is 1. The van der Waals surface area contributed by atoms with Gasteiger partial charge in [-0.15, -0.1) is 0 Å². The van der Waals surface area contributed by atoms with Gasteiger partial charge in [0.1, 0.15) is 5.82 Å². The smallest absolute Gasteiger partial charge is 0.255 e. The van der Waals surface area contributed by atoms with E-state index >= 15 is 0 Å². The van der Waals surface area contributed by atoms with Crippen molar-refractivity contribution < 1.29 is 14.3 Å². The van der Waals surface area contributed by atoms with Gasteiger partial charge in [0.15, 0.2) is 0 Å². The molecule has 0 radical (unpaired) electrons. The Morgan fingerprint density at radius 2 is 2.33 bits per heavy atom. The largest absolute Gasteiger partial charge is 0.396 e. The molecule has 5 heteroatoms. The van der Waals surface area contributed by atoms with Crippen molar-refractivity contribution in [3.8, 4) is 0 Å². The highest BCUT2D eigenvalue weighted by Crippen LogP contribution is 2.24. The second-order valence-corrected chi connectivity index (χ2v) is 5.08. The number of hydrogen-bond acceptors (Lipinski definition) is 2. The minimum Gasteiger partial charge on any atom is -0.396 e. The highest BCUT2D eigenvalue weighted by molar-refractivity contribution is 6.33. The van der Waals surface area contributed by atoms with Crippen LogP contribution in [0.5, 0.6) is 0 Å². The van der Waals surface area contributed by atoms with E-state index in [1.165, 1.54) is 12.1 Å². The number of carbonyl (C=O) groups is 1. The quantitative estimate of drug-likeness (QED) is 0.896. The Bertz CT molecular complexity index is 478. The fraction of sp³-hybridized carbons (Fsp3) is 0.462. The van der Waals surface area contributed by atoms with Gasteiger partial charge in [-0.1, -0.05) is 11.6 Å². The molecule has 98 valence electrons. The molecule has 1 aliphatic heterocycles. The fourth-order valence-electron chi connectivity index (χ4n) is 2.15. The molecule has 3 nitrogen and oxygen atoms in total. The molecule has 18 heavy (non-hydrogen) atoms. The van der Waals surface area contributed by atoms with E-state index in [0.717, 1.165) is 6.42 Å². The molecule has 1 heterocycles. The number of amides is 1. The van der Waals surface area contributed by atoms with Gasteiger partial charge < -0.3 is 10.0 Å². The first-order chi connectivity index (χ1) is 8.52. The van der Waals surface area contributed by atoms with Crippen LogP contribution in [0.15, 0.2) is 12.1 Å². The molecule has 1 unspecified atom stereocenters. The molecule has 1 fully saturated rings. The van der Waals surface area contributed by atoms with Crippen LogP contribution in [0.1, 0.15) is 22.3 Å². The minimum absolute atomic E-state index is 0.0692. The number of hydrogen-bond donors (Lipinski definition) is 1. The Morgan fingerprint density at radius 3 is 2.94 bits per heavy atom. The highest BCUT2D eigenvalue weighted by atomic mass is 35.5. The van der Waals surface area contributed by atoms with Crippen LogP contribution in [0.2, 0.25) is 5.02 Å². The molecule has 1 saturated heterocycles. The predicted molar refractivity (Wildman–Crippen MR) is 67.2 cm³/mol. The van der Waals surface area contributed by atoms with Crippen LogP contribution in [-0.2, 0) is 0 Å². The number of likely N-dealkylation sites (tertiary alicyclic amines) is 1. The average Bonchev–Trinajstić information content (AvgIpc) is 2.81. The SMILES string of the molecule is Cc1cc(Cl)c(C(=O)N2CCC(CO)C2)cc1F. The van der Waals surface area contributed by atoms with Gasteiger partial charge in [-0.2, -0.15) is 0 Å². The Labute approximate surface area is 110 Å². The van der Waals surface area contributed by atoms with Gasteiger partial charge in [0, 0.05) is 25.6 Å². The predicted octanol–water partition coefficient (Wildman–Crippen LogP) is 2.24. The van der Waals surface area contributed by atoms with Crippen LogP contribution in [0, 0.1) is 18.7 Å². The van der Waals surface area contributed by atoms with Crippen LogP contribution in [0.4, 0.5) is 4.39 Å². The summed E-state index contributed by atoms with van der Waals surface area (Å²) in [4.78, 5) is 13.8. The first-order valence-corrected chi connectivity index (χ1v) is 6.26. The van der Waals surface area contributed by atoms with Gasteiger partial charge in [-0.3, -0.25) is 4.79 Å². The third-order valence-electron chi connectivity index (χ3n) is 3.31. The maximum Gasteiger partial charge on any atom is 0.255 e. The summed E-state index contributed by atoms with van der Waals surface area (Å²) in [6.07, 6.45) is 0.772. The van der Waals surface area contributed by atoms with Crippen LogP contribution in [0.3, 0.4) is 0 Å². The number of benzene rings is 1. The lowest BCUT2D eigenvalue weighted by atomic mass is 10.1. The number of rotatable bonds is 2. The molecular weight excluding hydrogens is 257 g/mol.